The largest absolute Gasteiger partial charge is 0.376 e. The van der Waals surface area contributed by atoms with Crippen molar-refractivity contribution in [2.24, 2.45) is 0 Å². The topological polar surface area (TPSA) is 9.23 Å². The van der Waals surface area contributed by atoms with Crippen molar-refractivity contribution < 1.29 is 4.74 Å². The number of benzene rings is 2. The molecule has 0 bridgehead atoms. The fourth-order valence-corrected chi connectivity index (χ4v) is 1.83. The molecule has 17 heavy (non-hydrogen) atoms. The quantitative estimate of drug-likeness (QED) is 0.696. The van der Waals surface area contributed by atoms with E-state index >= 15 is 0 Å². The van der Waals surface area contributed by atoms with E-state index in [0.29, 0.717) is 13.2 Å². The maximum atomic E-state index is 5.58. The molecule has 0 aromatic heterocycles. The lowest BCUT2D eigenvalue weighted by Crippen LogP contribution is -1.96. The Labute approximate surface area is 103 Å². The van der Waals surface area contributed by atoms with Crippen LogP contribution in [0.4, 0.5) is 0 Å². The highest BCUT2D eigenvalue weighted by atomic mass is 16.5. The molecule has 2 rings (SSSR count). The van der Waals surface area contributed by atoms with Crippen LogP contribution in [0.1, 0.15) is 12.5 Å². The number of hydrogen-bond acceptors (Lipinski definition) is 1. The fraction of sp³-hybridized carbons (Fsp3) is 0.188. The van der Waals surface area contributed by atoms with Crippen LogP contribution in [0.5, 0.6) is 0 Å². The van der Waals surface area contributed by atoms with E-state index in [0.717, 1.165) is 0 Å². The molecule has 0 amide bonds. The Hall–Kier alpha value is -1.60. The molecule has 0 aliphatic rings. The summed E-state index contributed by atoms with van der Waals surface area (Å²) in [5.41, 5.74) is 3.73. The van der Waals surface area contributed by atoms with Gasteiger partial charge in [-0.3, -0.25) is 0 Å². The first-order valence-corrected chi connectivity index (χ1v) is 5.90. The zero-order chi connectivity index (χ0) is 11.9. The molecule has 0 aliphatic carbocycles. The second-order valence-corrected chi connectivity index (χ2v) is 3.95. The molecule has 0 spiro atoms. The van der Waals surface area contributed by atoms with Crippen molar-refractivity contribution in [2.45, 2.75) is 13.5 Å². The second kappa shape index (κ2) is 6.21. The Morgan fingerprint density at radius 2 is 1.65 bits per heavy atom. The van der Waals surface area contributed by atoms with Gasteiger partial charge in [0.1, 0.15) is 0 Å². The van der Waals surface area contributed by atoms with Crippen molar-refractivity contribution in [1.29, 1.82) is 0 Å². The zero-order valence-electron chi connectivity index (χ0n) is 10.1. The Balaban J connectivity index is 2.22. The van der Waals surface area contributed by atoms with Gasteiger partial charge in [0, 0.05) is 6.61 Å². The van der Waals surface area contributed by atoms with Gasteiger partial charge >= 0.3 is 0 Å². The molecule has 1 radical (unpaired) electrons. The Morgan fingerprint density at radius 1 is 0.941 bits per heavy atom. The molecule has 1 heteroatoms. The predicted molar refractivity (Wildman–Crippen MR) is 71.5 cm³/mol. The van der Waals surface area contributed by atoms with Gasteiger partial charge < -0.3 is 4.74 Å². The summed E-state index contributed by atoms with van der Waals surface area (Å²) in [6.07, 6.45) is 2.02. The summed E-state index contributed by atoms with van der Waals surface area (Å²) in [5.74, 6) is 0. The monoisotopic (exact) mass is 225 g/mol. The van der Waals surface area contributed by atoms with Crippen molar-refractivity contribution in [3.8, 4) is 11.1 Å². The van der Waals surface area contributed by atoms with Gasteiger partial charge in [-0.05, 0) is 23.1 Å². The highest BCUT2D eigenvalue weighted by Gasteiger charge is 2.03. The Morgan fingerprint density at radius 3 is 2.41 bits per heavy atom. The van der Waals surface area contributed by atoms with Crippen LogP contribution in [0.2, 0.25) is 0 Å². The average Bonchev–Trinajstić information content (AvgIpc) is 2.41. The van der Waals surface area contributed by atoms with E-state index in [1.807, 2.05) is 19.4 Å². The van der Waals surface area contributed by atoms with Crippen LogP contribution in [0.3, 0.4) is 0 Å². The normalized spacial score (nSPS) is 10.4. The number of ether oxygens (including phenoxy) is 1. The molecule has 0 heterocycles. The predicted octanol–water partition coefficient (Wildman–Crippen LogP) is 4.09. The minimum atomic E-state index is 0.662. The molecule has 0 N–H and O–H groups in total. The highest BCUT2D eigenvalue weighted by Crippen LogP contribution is 2.23. The summed E-state index contributed by atoms with van der Waals surface area (Å²) in [6, 6.07) is 18.8. The Bertz CT molecular complexity index is 448. The van der Waals surface area contributed by atoms with Gasteiger partial charge in [-0.2, -0.15) is 0 Å². The van der Waals surface area contributed by atoms with Crippen LogP contribution in [0.25, 0.3) is 11.1 Å². The van der Waals surface area contributed by atoms with Crippen LogP contribution in [0.15, 0.2) is 54.6 Å². The molecule has 0 saturated carbocycles. The SMILES string of the molecule is C[CH]COCc1ccccc1-c1ccccc1. The van der Waals surface area contributed by atoms with Crippen molar-refractivity contribution in [1.82, 2.24) is 0 Å². The third kappa shape index (κ3) is 3.18. The van der Waals surface area contributed by atoms with Crippen LogP contribution in [-0.2, 0) is 11.3 Å². The van der Waals surface area contributed by atoms with Gasteiger partial charge in [-0.25, -0.2) is 0 Å². The zero-order valence-corrected chi connectivity index (χ0v) is 10.1. The summed E-state index contributed by atoms with van der Waals surface area (Å²) in [6.45, 7) is 3.36. The maximum Gasteiger partial charge on any atom is 0.0723 e. The van der Waals surface area contributed by atoms with Crippen LogP contribution in [-0.4, -0.2) is 6.61 Å². The van der Waals surface area contributed by atoms with Gasteiger partial charge in [0.05, 0.1) is 6.61 Å². The van der Waals surface area contributed by atoms with E-state index in [1.165, 1.54) is 16.7 Å². The van der Waals surface area contributed by atoms with E-state index in [9.17, 15) is 0 Å². The molecule has 0 unspecified atom stereocenters. The third-order valence-corrected chi connectivity index (χ3v) is 2.64. The van der Waals surface area contributed by atoms with E-state index in [4.69, 9.17) is 4.74 Å². The molecule has 0 atom stereocenters. The number of rotatable bonds is 5. The van der Waals surface area contributed by atoms with E-state index in [-0.39, 0.29) is 0 Å². The van der Waals surface area contributed by atoms with Gasteiger partial charge in [-0.15, -0.1) is 0 Å². The van der Waals surface area contributed by atoms with Crippen LogP contribution in [0, 0.1) is 6.42 Å². The van der Waals surface area contributed by atoms with E-state index in [2.05, 4.69) is 48.5 Å². The molecule has 1 nitrogen and oxygen atoms in total. The van der Waals surface area contributed by atoms with Crippen LogP contribution >= 0.6 is 0 Å². The molecular weight excluding hydrogens is 208 g/mol. The summed E-state index contributed by atoms with van der Waals surface area (Å²) in [7, 11) is 0. The molecule has 0 fully saturated rings. The smallest absolute Gasteiger partial charge is 0.0723 e. The lowest BCUT2D eigenvalue weighted by molar-refractivity contribution is 0.141. The highest BCUT2D eigenvalue weighted by molar-refractivity contribution is 5.66. The molecule has 87 valence electrons. The van der Waals surface area contributed by atoms with Gasteiger partial charge in [0.15, 0.2) is 0 Å². The first-order valence-electron chi connectivity index (χ1n) is 5.90. The minimum absolute atomic E-state index is 0.662. The lowest BCUT2D eigenvalue weighted by atomic mass is 10.0. The summed E-state index contributed by atoms with van der Waals surface area (Å²) < 4.78 is 5.58. The third-order valence-electron chi connectivity index (χ3n) is 2.64. The van der Waals surface area contributed by atoms with Crippen molar-refractivity contribution in [3.05, 3.63) is 66.6 Å². The van der Waals surface area contributed by atoms with Crippen LogP contribution < -0.4 is 0 Å². The standard InChI is InChI=1S/C16H17O/c1-2-12-17-13-15-10-6-7-11-16(15)14-8-4-3-5-9-14/h2-11H,12-13H2,1H3. The molecule has 0 saturated heterocycles. The van der Waals surface area contributed by atoms with Gasteiger partial charge in [0.2, 0.25) is 0 Å². The van der Waals surface area contributed by atoms with E-state index < -0.39 is 0 Å². The fourth-order valence-electron chi connectivity index (χ4n) is 1.83. The van der Waals surface area contributed by atoms with Gasteiger partial charge in [-0.1, -0.05) is 61.5 Å². The molecular formula is C16H17O. The summed E-state index contributed by atoms with van der Waals surface area (Å²) >= 11 is 0. The lowest BCUT2D eigenvalue weighted by Gasteiger charge is -2.09. The average molecular weight is 225 g/mol. The minimum Gasteiger partial charge on any atom is -0.376 e. The first kappa shape index (κ1) is 11.9. The second-order valence-electron chi connectivity index (χ2n) is 3.95. The molecule has 0 aliphatic heterocycles. The summed E-state index contributed by atoms with van der Waals surface area (Å²) in [5, 5.41) is 0. The maximum absolute atomic E-state index is 5.58. The van der Waals surface area contributed by atoms with Crippen molar-refractivity contribution in [3.63, 3.8) is 0 Å². The molecule has 2 aromatic rings. The summed E-state index contributed by atoms with van der Waals surface area (Å²) in [4.78, 5) is 0. The molecule has 2 aromatic carbocycles. The van der Waals surface area contributed by atoms with Crippen molar-refractivity contribution >= 4 is 0 Å². The van der Waals surface area contributed by atoms with Gasteiger partial charge in [0.25, 0.3) is 0 Å². The number of hydrogen-bond donors (Lipinski definition) is 0. The van der Waals surface area contributed by atoms with Crippen molar-refractivity contribution in [2.75, 3.05) is 6.61 Å². The first-order chi connectivity index (χ1) is 8.42. The van der Waals surface area contributed by atoms with E-state index in [1.54, 1.807) is 0 Å². The Kier molecular flexibility index (Phi) is 4.34.